The lowest BCUT2D eigenvalue weighted by Gasteiger charge is -2.23. The first-order chi connectivity index (χ1) is 17.5. The van der Waals surface area contributed by atoms with Crippen molar-refractivity contribution < 1.29 is 14.1 Å². The Kier molecular flexibility index (Phi) is 11.0. The molecule has 1 aromatic heterocycles. The fourth-order valence-electron chi connectivity index (χ4n) is 3.87. The van der Waals surface area contributed by atoms with Gasteiger partial charge >= 0.3 is 0 Å². The molecule has 3 aromatic rings. The molecule has 6 N–H and O–H groups in total. The van der Waals surface area contributed by atoms with Gasteiger partial charge in [-0.1, -0.05) is 60.7 Å². The summed E-state index contributed by atoms with van der Waals surface area (Å²) >= 11 is 1.74. The number of carbonyl (C=O) groups excluding carboxylic acids is 2. The van der Waals surface area contributed by atoms with Gasteiger partial charge in [-0.05, 0) is 42.5 Å². The topological polar surface area (TPSA) is 132 Å². The lowest BCUT2D eigenvalue weighted by Crippen LogP contribution is -2.47. The van der Waals surface area contributed by atoms with E-state index in [-0.39, 0.29) is 24.2 Å². The molecule has 0 saturated carbocycles. The van der Waals surface area contributed by atoms with Crippen LogP contribution in [0.25, 0.3) is 0 Å². The molecule has 0 spiro atoms. The Labute approximate surface area is 219 Å². The Morgan fingerprint density at radius 1 is 1.06 bits per heavy atom. The molecular formula is C26H31N5O3S2. The van der Waals surface area contributed by atoms with Crippen LogP contribution in [0.5, 0.6) is 0 Å². The van der Waals surface area contributed by atoms with Gasteiger partial charge < -0.3 is 20.5 Å². The second-order valence-corrected chi connectivity index (χ2v) is 9.84. The maximum absolute atomic E-state index is 12.3. The number of likely N-dealkylation sites (tertiary alicyclic amines) is 1. The molecule has 10 heteroatoms. The molecule has 0 aliphatic carbocycles. The molecule has 1 saturated heterocycles. The van der Waals surface area contributed by atoms with Crippen molar-refractivity contribution in [3.8, 4) is 0 Å². The summed E-state index contributed by atoms with van der Waals surface area (Å²) in [6.45, 7) is 0.875. The number of hydrogen-bond acceptors (Lipinski definition) is 7. The molecular weight excluding hydrogens is 494 g/mol. The summed E-state index contributed by atoms with van der Waals surface area (Å²) in [6.07, 6.45) is 2.44. The number of hydrogen-bond donors (Lipinski definition) is 5. The average molecular weight is 526 g/mol. The van der Waals surface area contributed by atoms with Gasteiger partial charge in [0.1, 0.15) is 11.9 Å². The molecule has 190 valence electrons. The molecule has 8 nitrogen and oxygen atoms in total. The first kappa shape index (κ1) is 27.4. The zero-order chi connectivity index (χ0) is 25.8. The molecule has 36 heavy (non-hydrogen) atoms. The summed E-state index contributed by atoms with van der Waals surface area (Å²) < 4.78 is 11.1. The van der Waals surface area contributed by atoms with Crippen molar-refractivity contribution in [3.05, 3.63) is 93.7 Å². The zero-order valence-electron chi connectivity index (χ0n) is 19.9. The van der Waals surface area contributed by atoms with Crippen LogP contribution in [-0.2, 0) is 22.6 Å². The molecule has 2 amide bonds. The van der Waals surface area contributed by atoms with Crippen molar-refractivity contribution in [2.75, 3.05) is 13.1 Å². The number of benzene rings is 2. The van der Waals surface area contributed by atoms with Gasteiger partial charge in [0.15, 0.2) is 0 Å². The Bertz CT molecular complexity index is 1090. The van der Waals surface area contributed by atoms with Gasteiger partial charge in [-0.25, -0.2) is 4.72 Å². The third-order valence-electron chi connectivity index (χ3n) is 5.62. The smallest absolute Gasteiger partial charge is 0.243 e. The van der Waals surface area contributed by atoms with E-state index in [9.17, 15) is 9.59 Å². The predicted molar refractivity (Wildman–Crippen MR) is 146 cm³/mol. The van der Waals surface area contributed by atoms with Crippen molar-refractivity contribution in [3.63, 3.8) is 0 Å². The SMILES string of the molecule is N=C(N)c1ccc(CNC(=O)C2CCCN2C(=O)CNSO)s1.c1ccc(Cc2ccccc2)cc1. The van der Waals surface area contributed by atoms with E-state index >= 15 is 0 Å². The van der Waals surface area contributed by atoms with Crippen molar-refractivity contribution in [1.82, 2.24) is 14.9 Å². The summed E-state index contributed by atoms with van der Waals surface area (Å²) in [5.74, 6) is -0.390. The van der Waals surface area contributed by atoms with Gasteiger partial charge in [0.25, 0.3) is 0 Å². The number of nitrogen functional groups attached to an aromatic ring is 1. The fourth-order valence-corrected chi connectivity index (χ4v) is 4.87. The van der Waals surface area contributed by atoms with E-state index in [1.165, 1.54) is 27.4 Å². The first-order valence-corrected chi connectivity index (χ1v) is 13.2. The summed E-state index contributed by atoms with van der Waals surface area (Å²) in [7, 11) is 0. The molecule has 1 fully saturated rings. The van der Waals surface area contributed by atoms with Crippen LogP contribution < -0.4 is 15.8 Å². The van der Waals surface area contributed by atoms with Gasteiger partial charge in [-0.15, -0.1) is 11.3 Å². The van der Waals surface area contributed by atoms with Gasteiger partial charge in [-0.3, -0.25) is 15.0 Å². The molecule has 1 atom stereocenters. The fraction of sp³-hybridized carbons (Fsp3) is 0.269. The Morgan fingerprint density at radius 3 is 2.25 bits per heavy atom. The highest BCUT2D eigenvalue weighted by atomic mass is 32.2. The quantitative estimate of drug-likeness (QED) is 0.125. The van der Waals surface area contributed by atoms with Gasteiger partial charge in [0, 0.05) is 11.4 Å². The summed E-state index contributed by atoms with van der Waals surface area (Å²) in [4.78, 5) is 27.4. The minimum absolute atomic E-state index is 0.00870. The van der Waals surface area contributed by atoms with Crippen LogP contribution in [0.2, 0.25) is 0 Å². The van der Waals surface area contributed by atoms with Crippen LogP contribution in [0.4, 0.5) is 0 Å². The van der Waals surface area contributed by atoms with Crippen LogP contribution in [0.3, 0.4) is 0 Å². The number of amides is 2. The normalized spacial score (nSPS) is 14.6. The van der Waals surface area contributed by atoms with Crippen molar-refractivity contribution in [2.45, 2.75) is 31.8 Å². The number of nitrogens with two attached hydrogens (primary N) is 1. The third kappa shape index (κ3) is 8.49. The second kappa shape index (κ2) is 14.4. The van der Waals surface area contributed by atoms with E-state index < -0.39 is 6.04 Å². The van der Waals surface area contributed by atoms with Gasteiger partial charge in [0.05, 0.1) is 30.2 Å². The van der Waals surface area contributed by atoms with Gasteiger partial charge in [0.2, 0.25) is 11.8 Å². The monoisotopic (exact) mass is 525 g/mol. The van der Waals surface area contributed by atoms with Crippen LogP contribution in [-0.4, -0.2) is 46.2 Å². The minimum Gasteiger partial charge on any atom is -0.383 e. The highest BCUT2D eigenvalue weighted by Gasteiger charge is 2.33. The molecule has 1 aliphatic heterocycles. The highest BCUT2D eigenvalue weighted by Crippen LogP contribution is 2.19. The van der Waals surface area contributed by atoms with E-state index in [1.807, 2.05) is 6.07 Å². The molecule has 0 bridgehead atoms. The molecule has 2 aromatic carbocycles. The molecule has 2 heterocycles. The minimum atomic E-state index is -0.472. The largest absolute Gasteiger partial charge is 0.383 e. The number of rotatable bonds is 9. The average Bonchev–Trinajstić information content (AvgIpc) is 3.58. The Hall–Kier alpha value is -3.18. The Balaban J connectivity index is 0.000000233. The van der Waals surface area contributed by atoms with Crippen molar-refractivity contribution >= 4 is 41.2 Å². The van der Waals surface area contributed by atoms with E-state index in [4.69, 9.17) is 15.7 Å². The lowest BCUT2D eigenvalue weighted by atomic mass is 10.1. The molecule has 4 rings (SSSR count). The molecule has 0 radical (unpaired) electrons. The summed E-state index contributed by atoms with van der Waals surface area (Å²) in [5, 5.41) is 10.2. The van der Waals surface area contributed by atoms with E-state index in [0.29, 0.717) is 36.6 Å². The number of nitrogens with one attached hydrogen (secondary N) is 3. The van der Waals surface area contributed by atoms with Gasteiger partial charge in [-0.2, -0.15) is 0 Å². The maximum atomic E-state index is 12.3. The number of nitrogens with zero attached hydrogens (tertiary/aromatic N) is 1. The molecule has 1 aliphatic rings. The molecule has 1 unspecified atom stereocenters. The van der Waals surface area contributed by atoms with E-state index in [0.717, 1.165) is 17.7 Å². The number of amidine groups is 1. The second-order valence-electron chi connectivity index (χ2n) is 8.20. The summed E-state index contributed by atoms with van der Waals surface area (Å²) in [6, 6.07) is 24.2. The van der Waals surface area contributed by atoms with E-state index in [2.05, 4.69) is 70.7 Å². The van der Waals surface area contributed by atoms with E-state index in [1.54, 1.807) is 6.07 Å². The van der Waals surface area contributed by atoms with Crippen molar-refractivity contribution in [1.29, 1.82) is 5.41 Å². The highest BCUT2D eigenvalue weighted by molar-refractivity contribution is 7.91. The maximum Gasteiger partial charge on any atom is 0.243 e. The third-order valence-corrected chi connectivity index (χ3v) is 7.01. The van der Waals surface area contributed by atoms with Crippen LogP contribution >= 0.6 is 23.6 Å². The summed E-state index contributed by atoms with van der Waals surface area (Å²) in [5.41, 5.74) is 8.15. The standard InChI is InChI=1S/C13H19N5O3S2.C13H12/c14-12(15)10-4-3-8(22-10)6-16-13(20)9-2-1-5-18(9)11(19)7-17-23-21;1-3-7-12(8-4-1)11-13-9-5-2-6-10-13/h3-4,9,17,21H,1-2,5-7H2,(H3,14,15)(H,16,20);1-10H,11H2. The van der Waals surface area contributed by atoms with Crippen molar-refractivity contribution in [2.24, 2.45) is 5.73 Å². The zero-order valence-corrected chi connectivity index (χ0v) is 21.5. The van der Waals surface area contributed by atoms with Crippen LogP contribution in [0.1, 0.15) is 33.7 Å². The van der Waals surface area contributed by atoms with Crippen LogP contribution in [0.15, 0.2) is 72.8 Å². The number of thiophene rings is 1. The number of carbonyl (C=O) groups is 2. The first-order valence-electron chi connectivity index (χ1n) is 11.6. The predicted octanol–water partition coefficient (Wildman–Crippen LogP) is 3.63. The van der Waals surface area contributed by atoms with Crippen LogP contribution in [0, 0.1) is 5.41 Å². The lowest BCUT2D eigenvalue weighted by molar-refractivity contribution is -0.137. The Morgan fingerprint density at radius 2 is 1.69 bits per heavy atom.